The highest BCUT2D eigenvalue weighted by atomic mass is 16.5. The number of aromatic nitrogens is 2. The third kappa shape index (κ3) is 3.20. The van der Waals surface area contributed by atoms with Crippen LogP contribution in [0.25, 0.3) is 11.5 Å². The lowest BCUT2D eigenvalue weighted by Gasteiger charge is -2.14. The Morgan fingerprint density at radius 2 is 1.88 bits per heavy atom. The first-order chi connectivity index (χ1) is 11.7. The van der Waals surface area contributed by atoms with Gasteiger partial charge >= 0.3 is 0 Å². The molecule has 3 rings (SSSR count). The van der Waals surface area contributed by atoms with E-state index in [4.69, 9.17) is 19.2 Å². The van der Waals surface area contributed by atoms with E-state index in [9.17, 15) is 0 Å². The largest absolute Gasteiger partial charge is 0.493 e. The second-order valence-electron chi connectivity index (χ2n) is 5.05. The van der Waals surface area contributed by atoms with Gasteiger partial charge in [0.2, 0.25) is 5.89 Å². The SMILES string of the molecule is COc1cc(C#N)ccc1O[C@H](C)c1nnc(-c2ccccc2)o1. The molecule has 0 unspecified atom stereocenters. The van der Waals surface area contributed by atoms with Gasteiger partial charge in [0.05, 0.1) is 18.7 Å². The van der Waals surface area contributed by atoms with E-state index >= 15 is 0 Å². The van der Waals surface area contributed by atoms with Gasteiger partial charge in [-0.15, -0.1) is 10.2 Å². The van der Waals surface area contributed by atoms with Crippen LogP contribution in [0.4, 0.5) is 0 Å². The molecule has 0 spiro atoms. The molecule has 0 aliphatic heterocycles. The van der Waals surface area contributed by atoms with Crippen molar-refractivity contribution in [3.63, 3.8) is 0 Å². The predicted octanol–water partition coefficient (Wildman–Crippen LogP) is 3.76. The van der Waals surface area contributed by atoms with Crippen LogP contribution in [0.5, 0.6) is 11.5 Å². The standard InChI is InChI=1S/C18H15N3O3/c1-12(23-15-9-8-13(11-19)10-16(15)22-2)17-20-21-18(24-17)14-6-4-3-5-7-14/h3-10,12H,1-2H3/t12-/m1/s1. The molecule has 1 heterocycles. The Balaban J connectivity index is 1.80. The number of nitrogens with zero attached hydrogens (tertiary/aromatic N) is 3. The summed E-state index contributed by atoms with van der Waals surface area (Å²) in [6.07, 6.45) is -0.461. The molecule has 1 aromatic heterocycles. The lowest BCUT2D eigenvalue weighted by molar-refractivity contribution is 0.182. The number of benzene rings is 2. The Labute approximate surface area is 139 Å². The average molecular weight is 321 g/mol. The molecule has 6 nitrogen and oxygen atoms in total. The summed E-state index contributed by atoms with van der Waals surface area (Å²) in [5.74, 6) is 1.78. The van der Waals surface area contributed by atoms with Crippen LogP contribution in [-0.2, 0) is 0 Å². The highest BCUT2D eigenvalue weighted by molar-refractivity contribution is 5.51. The maximum atomic E-state index is 8.94. The molecule has 6 heteroatoms. The van der Waals surface area contributed by atoms with Crippen molar-refractivity contribution < 1.29 is 13.9 Å². The zero-order valence-corrected chi connectivity index (χ0v) is 13.3. The van der Waals surface area contributed by atoms with Crippen LogP contribution in [0.1, 0.15) is 24.5 Å². The highest BCUT2D eigenvalue weighted by Gasteiger charge is 2.18. The van der Waals surface area contributed by atoms with E-state index in [2.05, 4.69) is 16.3 Å². The molecule has 0 radical (unpaired) electrons. The van der Waals surface area contributed by atoms with E-state index in [0.717, 1.165) is 5.56 Å². The molecular weight excluding hydrogens is 306 g/mol. The van der Waals surface area contributed by atoms with E-state index in [-0.39, 0.29) is 0 Å². The molecule has 0 N–H and O–H groups in total. The van der Waals surface area contributed by atoms with Crippen molar-refractivity contribution in [2.24, 2.45) is 0 Å². The second kappa shape index (κ2) is 6.84. The first-order valence-corrected chi connectivity index (χ1v) is 7.35. The smallest absolute Gasteiger partial charge is 0.257 e. The molecule has 3 aromatic rings. The van der Waals surface area contributed by atoms with E-state index < -0.39 is 6.10 Å². The van der Waals surface area contributed by atoms with Gasteiger partial charge in [0.25, 0.3) is 5.89 Å². The summed E-state index contributed by atoms with van der Waals surface area (Å²) in [4.78, 5) is 0. The van der Waals surface area contributed by atoms with Crippen LogP contribution in [0.3, 0.4) is 0 Å². The fourth-order valence-electron chi connectivity index (χ4n) is 2.17. The molecule has 0 saturated carbocycles. The minimum atomic E-state index is -0.461. The third-order valence-corrected chi connectivity index (χ3v) is 3.41. The molecular formula is C18H15N3O3. The maximum Gasteiger partial charge on any atom is 0.257 e. The minimum absolute atomic E-state index is 0.361. The molecule has 0 fully saturated rings. The molecule has 120 valence electrons. The quantitative estimate of drug-likeness (QED) is 0.711. The molecule has 0 aliphatic rings. The summed E-state index contributed by atoms with van der Waals surface area (Å²) in [6.45, 7) is 1.81. The number of rotatable bonds is 5. The maximum absolute atomic E-state index is 8.94. The van der Waals surface area contributed by atoms with Crippen LogP contribution < -0.4 is 9.47 Å². The van der Waals surface area contributed by atoms with Gasteiger partial charge in [-0.2, -0.15) is 5.26 Å². The normalized spacial score (nSPS) is 11.5. The highest BCUT2D eigenvalue weighted by Crippen LogP contribution is 2.32. The van der Waals surface area contributed by atoms with Gasteiger partial charge in [-0.05, 0) is 31.2 Å². The Kier molecular flexibility index (Phi) is 4.43. The molecule has 2 aromatic carbocycles. The van der Waals surface area contributed by atoms with Gasteiger partial charge in [-0.1, -0.05) is 18.2 Å². The summed E-state index contributed by atoms with van der Waals surface area (Å²) < 4.78 is 16.8. The Bertz CT molecular complexity index is 869. The topological polar surface area (TPSA) is 81.2 Å². The van der Waals surface area contributed by atoms with Crippen molar-refractivity contribution in [3.8, 4) is 29.0 Å². The van der Waals surface area contributed by atoms with Gasteiger partial charge in [-0.3, -0.25) is 0 Å². The number of nitriles is 1. The van der Waals surface area contributed by atoms with Crippen molar-refractivity contribution in [1.82, 2.24) is 10.2 Å². The monoisotopic (exact) mass is 321 g/mol. The molecule has 1 atom stereocenters. The Morgan fingerprint density at radius 3 is 2.58 bits per heavy atom. The summed E-state index contributed by atoms with van der Waals surface area (Å²) in [7, 11) is 1.52. The second-order valence-corrected chi connectivity index (χ2v) is 5.05. The van der Waals surface area contributed by atoms with Crippen molar-refractivity contribution in [3.05, 3.63) is 60.0 Å². The van der Waals surface area contributed by atoms with Gasteiger partial charge in [0, 0.05) is 11.6 Å². The van der Waals surface area contributed by atoms with Crippen LogP contribution >= 0.6 is 0 Å². The Morgan fingerprint density at radius 1 is 1.08 bits per heavy atom. The lowest BCUT2D eigenvalue weighted by Crippen LogP contribution is -2.04. The number of hydrogen-bond donors (Lipinski definition) is 0. The van der Waals surface area contributed by atoms with Crippen molar-refractivity contribution >= 4 is 0 Å². The zero-order chi connectivity index (χ0) is 16.9. The number of methoxy groups -OCH3 is 1. The predicted molar refractivity (Wildman–Crippen MR) is 86.5 cm³/mol. The molecule has 0 aliphatic carbocycles. The minimum Gasteiger partial charge on any atom is -0.493 e. The van der Waals surface area contributed by atoms with Crippen LogP contribution in [-0.4, -0.2) is 17.3 Å². The molecule has 0 saturated heterocycles. The van der Waals surface area contributed by atoms with Crippen LogP contribution in [0.2, 0.25) is 0 Å². The fourth-order valence-corrected chi connectivity index (χ4v) is 2.17. The van der Waals surface area contributed by atoms with E-state index in [1.807, 2.05) is 30.3 Å². The summed E-state index contributed by atoms with van der Waals surface area (Å²) in [5.41, 5.74) is 1.34. The van der Waals surface area contributed by atoms with Gasteiger partial charge in [-0.25, -0.2) is 0 Å². The van der Waals surface area contributed by atoms with Gasteiger partial charge in [0.15, 0.2) is 17.6 Å². The molecule has 0 amide bonds. The van der Waals surface area contributed by atoms with E-state index in [0.29, 0.717) is 28.8 Å². The summed E-state index contributed by atoms with van der Waals surface area (Å²) in [5, 5.41) is 17.0. The first-order valence-electron chi connectivity index (χ1n) is 7.35. The van der Waals surface area contributed by atoms with Gasteiger partial charge in [0.1, 0.15) is 0 Å². The van der Waals surface area contributed by atoms with Gasteiger partial charge < -0.3 is 13.9 Å². The third-order valence-electron chi connectivity index (χ3n) is 3.41. The fraction of sp³-hybridized carbons (Fsp3) is 0.167. The summed E-state index contributed by atoms with van der Waals surface area (Å²) in [6, 6.07) is 16.5. The summed E-state index contributed by atoms with van der Waals surface area (Å²) >= 11 is 0. The van der Waals surface area contributed by atoms with Crippen LogP contribution in [0, 0.1) is 11.3 Å². The van der Waals surface area contributed by atoms with Crippen molar-refractivity contribution in [1.29, 1.82) is 5.26 Å². The Hall–Kier alpha value is -3.33. The van der Waals surface area contributed by atoms with Crippen molar-refractivity contribution in [2.45, 2.75) is 13.0 Å². The molecule has 0 bridgehead atoms. The average Bonchev–Trinajstić information content (AvgIpc) is 3.13. The van der Waals surface area contributed by atoms with Crippen LogP contribution in [0.15, 0.2) is 52.9 Å². The zero-order valence-electron chi connectivity index (χ0n) is 13.3. The lowest BCUT2D eigenvalue weighted by atomic mass is 10.2. The molecule has 24 heavy (non-hydrogen) atoms. The number of ether oxygens (including phenoxy) is 2. The number of hydrogen-bond acceptors (Lipinski definition) is 6. The van der Waals surface area contributed by atoms with E-state index in [1.165, 1.54) is 7.11 Å². The van der Waals surface area contributed by atoms with E-state index in [1.54, 1.807) is 25.1 Å². The first kappa shape index (κ1) is 15.6. The van der Waals surface area contributed by atoms with Crippen molar-refractivity contribution in [2.75, 3.05) is 7.11 Å².